The number of aliphatic imine (C=N–C) groups is 1. The highest BCUT2D eigenvalue weighted by molar-refractivity contribution is 14.1. The molecule has 0 heterocycles. The average Bonchev–Trinajstić information content (AvgIpc) is 2.20. The first kappa shape index (κ1) is 14.3. The van der Waals surface area contributed by atoms with Gasteiger partial charge in [0.25, 0.3) is 0 Å². The van der Waals surface area contributed by atoms with Crippen molar-refractivity contribution in [2.75, 3.05) is 0 Å². The largest absolute Gasteiger partial charge is 0.308 e. The van der Waals surface area contributed by atoms with Gasteiger partial charge in [0.15, 0.2) is 0 Å². The van der Waals surface area contributed by atoms with Crippen molar-refractivity contribution in [2.24, 2.45) is 4.99 Å². The highest BCUT2D eigenvalue weighted by atomic mass is 127. The van der Waals surface area contributed by atoms with Crippen molar-refractivity contribution in [2.45, 2.75) is 24.7 Å². The maximum Gasteiger partial charge on any atom is 0.0710 e. The van der Waals surface area contributed by atoms with Crippen LogP contribution in [0.3, 0.4) is 0 Å². The normalized spacial score (nSPS) is 16.3. The van der Waals surface area contributed by atoms with E-state index in [0.717, 1.165) is 11.3 Å². The summed E-state index contributed by atoms with van der Waals surface area (Å²) in [5, 5.41) is 7.36. The maximum absolute atomic E-state index is 7.36. The van der Waals surface area contributed by atoms with Gasteiger partial charge in [0.05, 0.1) is 5.71 Å². The van der Waals surface area contributed by atoms with E-state index in [-0.39, 0.29) is 0 Å². The Balaban J connectivity index is 5.12. The van der Waals surface area contributed by atoms with Crippen LogP contribution in [-0.4, -0.2) is 15.9 Å². The van der Waals surface area contributed by atoms with Crippen molar-refractivity contribution in [1.29, 1.82) is 5.41 Å². The molecule has 0 aliphatic rings. The van der Waals surface area contributed by atoms with Crippen molar-refractivity contribution in [1.82, 2.24) is 0 Å². The molecule has 0 rings (SSSR count). The molecule has 0 amide bonds. The Hall–Kier alpha value is -0.710. The summed E-state index contributed by atoms with van der Waals surface area (Å²) < 4.78 is 0.389. The molecule has 2 nitrogen and oxygen atoms in total. The van der Waals surface area contributed by atoms with Crippen LogP contribution >= 0.6 is 22.6 Å². The highest BCUT2D eigenvalue weighted by Crippen LogP contribution is 2.07. The van der Waals surface area contributed by atoms with E-state index < -0.39 is 0 Å². The van der Waals surface area contributed by atoms with E-state index in [1.54, 1.807) is 6.20 Å². The van der Waals surface area contributed by atoms with E-state index in [0.29, 0.717) is 3.92 Å². The predicted molar refractivity (Wildman–Crippen MR) is 77.4 cm³/mol. The molecule has 82 valence electrons. The second-order valence-corrected chi connectivity index (χ2v) is 4.91. The topological polar surface area (TPSA) is 36.2 Å². The lowest BCUT2D eigenvalue weighted by molar-refractivity contribution is 1.29. The van der Waals surface area contributed by atoms with Gasteiger partial charge in [-0.05, 0) is 26.8 Å². The minimum atomic E-state index is 0.389. The Kier molecular flexibility index (Phi) is 8.18. The van der Waals surface area contributed by atoms with Gasteiger partial charge in [0, 0.05) is 21.9 Å². The summed E-state index contributed by atoms with van der Waals surface area (Å²) in [5.41, 5.74) is 1.68. The number of rotatable bonds is 5. The second kappa shape index (κ2) is 8.59. The van der Waals surface area contributed by atoms with Crippen molar-refractivity contribution >= 4 is 34.5 Å². The molecule has 0 aliphatic carbocycles. The summed E-state index contributed by atoms with van der Waals surface area (Å²) in [7, 11) is 0. The smallest absolute Gasteiger partial charge is 0.0710 e. The van der Waals surface area contributed by atoms with E-state index >= 15 is 0 Å². The van der Waals surface area contributed by atoms with E-state index in [4.69, 9.17) is 5.41 Å². The van der Waals surface area contributed by atoms with E-state index in [1.807, 2.05) is 38.2 Å². The van der Waals surface area contributed by atoms with Gasteiger partial charge in [0.2, 0.25) is 0 Å². The SMILES string of the molecule is C\C=C/C(=N/C=C/C)C(/C=N)=C\C(C)I. The molecule has 0 aliphatic heterocycles. The summed E-state index contributed by atoms with van der Waals surface area (Å²) in [6.07, 6.45) is 10.8. The molecule has 0 spiro atoms. The molecular weight excluding hydrogens is 299 g/mol. The molecule has 1 atom stereocenters. The summed E-state index contributed by atoms with van der Waals surface area (Å²) in [5.74, 6) is 0. The van der Waals surface area contributed by atoms with Crippen molar-refractivity contribution < 1.29 is 0 Å². The number of nitrogens with zero attached hydrogens (tertiary/aromatic N) is 1. The zero-order valence-corrected chi connectivity index (χ0v) is 11.5. The zero-order chi connectivity index (χ0) is 11.7. The molecular formula is C12H17IN2. The van der Waals surface area contributed by atoms with Gasteiger partial charge in [-0.1, -0.05) is 40.8 Å². The Morgan fingerprint density at radius 2 is 2.00 bits per heavy atom. The molecule has 3 heteroatoms. The van der Waals surface area contributed by atoms with E-state index in [9.17, 15) is 0 Å². The first-order valence-corrected chi connectivity index (χ1v) is 6.08. The molecule has 0 bridgehead atoms. The standard InChI is InChI=1S/C12H17IN2/c1-4-6-12(15-7-5-2)11(9-14)8-10(3)13/h4-10,14H,1-3H3/b6-4-,7-5+,11-8-,14-9?,15-12-. The van der Waals surface area contributed by atoms with Gasteiger partial charge in [-0.3, -0.25) is 4.99 Å². The molecule has 0 aromatic rings. The van der Waals surface area contributed by atoms with Crippen LogP contribution in [0.4, 0.5) is 0 Å². The van der Waals surface area contributed by atoms with E-state index in [1.165, 1.54) is 6.21 Å². The number of halogens is 1. The monoisotopic (exact) mass is 316 g/mol. The van der Waals surface area contributed by atoms with Crippen LogP contribution in [0, 0.1) is 5.41 Å². The Morgan fingerprint density at radius 1 is 1.33 bits per heavy atom. The molecule has 0 aromatic carbocycles. The number of nitrogens with one attached hydrogen (secondary N) is 1. The average molecular weight is 316 g/mol. The van der Waals surface area contributed by atoms with Crippen molar-refractivity contribution in [3.8, 4) is 0 Å². The van der Waals surface area contributed by atoms with E-state index in [2.05, 4.69) is 34.5 Å². The van der Waals surface area contributed by atoms with Gasteiger partial charge in [-0.25, -0.2) is 0 Å². The molecule has 0 saturated heterocycles. The van der Waals surface area contributed by atoms with Gasteiger partial charge in [0.1, 0.15) is 0 Å². The van der Waals surface area contributed by atoms with Crippen LogP contribution in [0.1, 0.15) is 20.8 Å². The molecule has 0 radical (unpaired) electrons. The molecule has 0 saturated carbocycles. The summed E-state index contributed by atoms with van der Waals surface area (Å²) in [6, 6.07) is 0. The van der Waals surface area contributed by atoms with Crippen LogP contribution in [0.5, 0.6) is 0 Å². The lowest BCUT2D eigenvalue weighted by Crippen LogP contribution is -2.02. The van der Waals surface area contributed by atoms with Crippen LogP contribution < -0.4 is 0 Å². The quantitative estimate of drug-likeness (QED) is 0.453. The van der Waals surface area contributed by atoms with Crippen LogP contribution in [0.2, 0.25) is 0 Å². The Labute approximate surface area is 106 Å². The van der Waals surface area contributed by atoms with Gasteiger partial charge < -0.3 is 5.41 Å². The third kappa shape index (κ3) is 6.38. The van der Waals surface area contributed by atoms with Crippen LogP contribution in [0.25, 0.3) is 0 Å². The molecule has 0 fully saturated rings. The minimum absolute atomic E-state index is 0.389. The van der Waals surface area contributed by atoms with Gasteiger partial charge >= 0.3 is 0 Å². The third-order valence-electron chi connectivity index (χ3n) is 1.55. The molecule has 1 unspecified atom stereocenters. The lowest BCUT2D eigenvalue weighted by Gasteiger charge is -2.02. The summed E-state index contributed by atoms with van der Waals surface area (Å²) >= 11 is 2.30. The highest BCUT2D eigenvalue weighted by Gasteiger charge is 2.01. The third-order valence-corrected chi connectivity index (χ3v) is 1.91. The Bertz CT molecular complexity index is 310. The van der Waals surface area contributed by atoms with Crippen molar-refractivity contribution in [3.05, 3.63) is 36.1 Å². The van der Waals surface area contributed by atoms with Crippen LogP contribution in [-0.2, 0) is 0 Å². The number of alkyl halides is 1. The van der Waals surface area contributed by atoms with Crippen molar-refractivity contribution in [3.63, 3.8) is 0 Å². The first-order chi connectivity index (χ1) is 7.15. The second-order valence-electron chi connectivity index (χ2n) is 2.94. The van der Waals surface area contributed by atoms with Gasteiger partial charge in [-0.2, -0.15) is 0 Å². The Morgan fingerprint density at radius 3 is 2.40 bits per heavy atom. The van der Waals surface area contributed by atoms with Gasteiger partial charge in [-0.15, -0.1) is 0 Å². The number of hydrogen-bond acceptors (Lipinski definition) is 2. The maximum atomic E-state index is 7.36. The zero-order valence-electron chi connectivity index (χ0n) is 9.37. The number of allylic oxidation sites excluding steroid dienone is 5. The summed E-state index contributed by atoms with van der Waals surface area (Å²) in [4.78, 5) is 4.28. The predicted octanol–water partition coefficient (Wildman–Crippen LogP) is 3.94. The fourth-order valence-electron chi connectivity index (χ4n) is 0.981. The molecule has 0 aromatic heterocycles. The fraction of sp³-hybridized carbons (Fsp3) is 0.333. The molecule has 15 heavy (non-hydrogen) atoms. The minimum Gasteiger partial charge on any atom is -0.308 e. The van der Waals surface area contributed by atoms with Crippen LogP contribution in [0.15, 0.2) is 41.1 Å². The number of hydrogen-bond donors (Lipinski definition) is 1. The molecule has 1 N–H and O–H groups in total. The fourth-order valence-corrected chi connectivity index (χ4v) is 1.37. The first-order valence-electron chi connectivity index (χ1n) is 4.84. The summed E-state index contributed by atoms with van der Waals surface area (Å²) in [6.45, 7) is 5.94. The lowest BCUT2D eigenvalue weighted by atomic mass is 10.1.